The van der Waals surface area contributed by atoms with Crippen molar-refractivity contribution in [3.8, 4) is 0 Å². The van der Waals surface area contributed by atoms with Crippen LogP contribution in [0.3, 0.4) is 0 Å². The quantitative estimate of drug-likeness (QED) is 0.898. The summed E-state index contributed by atoms with van der Waals surface area (Å²) in [6.07, 6.45) is 3.17. The third-order valence-corrected chi connectivity index (χ3v) is 6.57. The fourth-order valence-electron chi connectivity index (χ4n) is 3.57. The molecule has 3 heterocycles. The molecule has 0 aliphatic carbocycles. The number of nitrogens with one attached hydrogen (secondary N) is 1. The number of thioether (sulfide) groups is 1. The van der Waals surface area contributed by atoms with Crippen LogP contribution in [-0.2, 0) is 11.3 Å². The molecule has 0 saturated carbocycles. The molecule has 0 bridgehead atoms. The summed E-state index contributed by atoms with van der Waals surface area (Å²) in [6, 6.07) is 13.1. The Labute approximate surface area is 156 Å². The minimum atomic E-state index is -0.229. The number of benzene rings is 1. The normalized spacial score (nSPS) is 19.2. The molecule has 2 aliphatic rings. The third kappa shape index (κ3) is 3.31. The molecule has 7 heteroatoms. The smallest absolute Gasteiger partial charge is 0.321 e. The molecule has 1 spiro atoms. The Bertz CT molecular complexity index is 771. The van der Waals surface area contributed by atoms with Gasteiger partial charge in [-0.15, -0.1) is 11.8 Å². The second-order valence-electron chi connectivity index (χ2n) is 6.58. The maximum atomic E-state index is 12.5. The third-order valence-electron chi connectivity index (χ3n) is 5.01. The van der Waals surface area contributed by atoms with Gasteiger partial charge in [0.1, 0.15) is 5.76 Å². The number of piperidine rings is 1. The van der Waals surface area contributed by atoms with Crippen LogP contribution in [0.25, 0.3) is 0 Å². The van der Waals surface area contributed by atoms with Gasteiger partial charge in [-0.25, -0.2) is 4.79 Å². The van der Waals surface area contributed by atoms with Crippen molar-refractivity contribution < 1.29 is 14.0 Å². The van der Waals surface area contributed by atoms with E-state index in [1.54, 1.807) is 18.0 Å². The van der Waals surface area contributed by atoms with Gasteiger partial charge in [-0.1, -0.05) is 18.2 Å². The molecular weight excluding hydrogens is 350 g/mol. The van der Waals surface area contributed by atoms with E-state index in [4.69, 9.17) is 4.42 Å². The van der Waals surface area contributed by atoms with Crippen molar-refractivity contribution in [3.05, 3.63) is 54.5 Å². The summed E-state index contributed by atoms with van der Waals surface area (Å²) in [5, 5.41) is 2.93. The second-order valence-corrected chi connectivity index (χ2v) is 7.91. The molecule has 26 heavy (non-hydrogen) atoms. The number of likely N-dealkylation sites (tertiary alicyclic amines) is 1. The summed E-state index contributed by atoms with van der Waals surface area (Å²) < 4.78 is 5.43. The molecule has 2 fully saturated rings. The highest BCUT2D eigenvalue weighted by atomic mass is 32.2. The molecule has 1 aromatic carbocycles. The van der Waals surface area contributed by atoms with Gasteiger partial charge in [0, 0.05) is 18.8 Å². The van der Waals surface area contributed by atoms with Crippen molar-refractivity contribution in [1.82, 2.24) is 9.80 Å². The lowest BCUT2D eigenvalue weighted by atomic mass is 10.0. The van der Waals surface area contributed by atoms with Crippen LogP contribution in [0.4, 0.5) is 10.5 Å². The molecule has 6 nitrogen and oxygen atoms in total. The average Bonchev–Trinajstić information content (AvgIpc) is 3.28. The topological polar surface area (TPSA) is 65.8 Å². The largest absolute Gasteiger partial charge is 0.467 e. The van der Waals surface area contributed by atoms with E-state index in [0.717, 1.165) is 24.3 Å². The van der Waals surface area contributed by atoms with Gasteiger partial charge in [-0.2, -0.15) is 0 Å². The molecule has 0 unspecified atom stereocenters. The predicted octanol–water partition coefficient (Wildman–Crippen LogP) is 3.38. The van der Waals surface area contributed by atoms with E-state index >= 15 is 0 Å². The molecule has 1 aromatic heterocycles. The van der Waals surface area contributed by atoms with Gasteiger partial charge in [0.2, 0.25) is 5.91 Å². The van der Waals surface area contributed by atoms with Gasteiger partial charge in [0.05, 0.1) is 23.4 Å². The van der Waals surface area contributed by atoms with E-state index < -0.39 is 0 Å². The van der Waals surface area contributed by atoms with E-state index in [1.807, 2.05) is 52.3 Å². The Morgan fingerprint density at radius 2 is 1.92 bits per heavy atom. The van der Waals surface area contributed by atoms with Crippen LogP contribution in [0.2, 0.25) is 0 Å². The Balaban J connectivity index is 1.40. The van der Waals surface area contributed by atoms with Gasteiger partial charge in [0.25, 0.3) is 0 Å². The van der Waals surface area contributed by atoms with E-state index in [1.165, 1.54) is 0 Å². The molecule has 3 amide bonds. The molecule has 2 saturated heterocycles. The van der Waals surface area contributed by atoms with Crippen molar-refractivity contribution in [2.45, 2.75) is 24.3 Å². The zero-order valence-electron chi connectivity index (χ0n) is 14.4. The standard InChI is InChI=1S/C19H21N3O3S/c23-17-14-26-19(22(17)13-16-7-4-12-25-16)8-10-21(11-9-19)18(24)20-15-5-2-1-3-6-15/h1-7,12H,8-11,13-14H2,(H,20,24). The zero-order valence-corrected chi connectivity index (χ0v) is 15.2. The summed E-state index contributed by atoms with van der Waals surface area (Å²) in [5.41, 5.74) is 0.794. The van der Waals surface area contributed by atoms with Gasteiger partial charge < -0.3 is 19.5 Å². The minimum Gasteiger partial charge on any atom is -0.467 e. The summed E-state index contributed by atoms with van der Waals surface area (Å²) in [7, 11) is 0. The molecule has 0 radical (unpaired) electrons. The first-order chi connectivity index (χ1) is 12.7. The minimum absolute atomic E-state index is 0.0852. The van der Waals surface area contributed by atoms with Crippen LogP contribution in [0, 0.1) is 0 Å². The number of furan rings is 1. The molecule has 1 N–H and O–H groups in total. The lowest BCUT2D eigenvalue weighted by Crippen LogP contribution is -2.53. The second kappa shape index (κ2) is 7.07. The van der Waals surface area contributed by atoms with Crippen LogP contribution in [0.15, 0.2) is 53.1 Å². The van der Waals surface area contributed by atoms with Crippen LogP contribution in [0.5, 0.6) is 0 Å². The molecule has 2 aliphatic heterocycles. The number of rotatable bonds is 3. The van der Waals surface area contributed by atoms with Crippen molar-refractivity contribution in [1.29, 1.82) is 0 Å². The average molecular weight is 371 g/mol. The first kappa shape index (κ1) is 17.0. The van der Waals surface area contributed by atoms with Crippen LogP contribution < -0.4 is 5.32 Å². The summed E-state index contributed by atoms with van der Waals surface area (Å²) in [5.74, 6) is 1.44. The van der Waals surface area contributed by atoms with Crippen LogP contribution in [0.1, 0.15) is 18.6 Å². The zero-order chi connectivity index (χ0) is 18.0. The van der Waals surface area contributed by atoms with Crippen molar-refractivity contribution in [2.24, 2.45) is 0 Å². The Hall–Kier alpha value is -2.41. The van der Waals surface area contributed by atoms with Gasteiger partial charge in [-0.3, -0.25) is 4.79 Å². The van der Waals surface area contributed by atoms with Crippen molar-refractivity contribution >= 4 is 29.4 Å². The Morgan fingerprint density at radius 3 is 2.62 bits per heavy atom. The summed E-state index contributed by atoms with van der Waals surface area (Å²) in [4.78, 5) is 28.4. The van der Waals surface area contributed by atoms with Gasteiger partial charge >= 0.3 is 6.03 Å². The fraction of sp³-hybridized carbons (Fsp3) is 0.368. The molecule has 136 valence electrons. The SMILES string of the molecule is O=C(Nc1ccccc1)N1CCC2(CC1)SCC(=O)N2Cc1ccco1. The number of carbonyl (C=O) groups is 2. The van der Waals surface area contributed by atoms with E-state index in [9.17, 15) is 9.59 Å². The number of carbonyl (C=O) groups excluding carboxylic acids is 2. The number of hydrogen-bond acceptors (Lipinski definition) is 4. The number of anilines is 1. The summed E-state index contributed by atoms with van der Waals surface area (Å²) in [6.45, 7) is 1.76. The number of nitrogens with zero attached hydrogens (tertiary/aromatic N) is 2. The highest BCUT2D eigenvalue weighted by Gasteiger charge is 2.48. The van der Waals surface area contributed by atoms with E-state index in [2.05, 4.69) is 5.32 Å². The maximum absolute atomic E-state index is 12.5. The predicted molar refractivity (Wildman–Crippen MR) is 101 cm³/mol. The molecule has 2 aromatic rings. The highest BCUT2D eigenvalue weighted by molar-refractivity contribution is 8.01. The number of amides is 3. The fourth-order valence-corrected chi connectivity index (χ4v) is 4.91. The Kier molecular flexibility index (Phi) is 4.63. The van der Waals surface area contributed by atoms with Crippen molar-refractivity contribution in [3.63, 3.8) is 0 Å². The lowest BCUT2D eigenvalue weighted by Gasteiger charge is -2.43. The molecular formula is C19H21N3O3S. The Morgan fingerprint density at radius 1 is 1.15 bits per heavy atom. The molecule has 0 atom stereocenters. The summed E-state index contributed by atoms with van der Waals surface area (Å²) >= 11 is 1.70. The van der Waals surface area contributed by atoms with Gasteiger partial charge in [0.15, 0.2) is 0 Å². The number of para-hydroxylation sites is 1. The first-order valence-corrected chi connectivity index (χ1v) is 9.73. The van der Waals surface area contributed by atoms with Crippen LogP contribution >= 0.6 is 11.8 Å². The monoisotopic (exact) mass is 371 g/mol. The lowest BCUT2D eigenvalue weighted by molar-refractivity contribution is -0.132. The van der Waals surface area contributed by atoms with Gasteiger partial charge in [-0.05, 0) is 37.1 Å². The van der Waals surface area contributed by atoms with Crippen LogP contribution in [-0.4, -0.2) is 45.5 Å². The number of hydrogen-bond donors (Lipinski definition) is 1. The number of urea groups is 1. The van der Waals surface area contributed by atoms with Crippen molar-refractivity contribution in [2.75, 3.05) is 24.2 Å². The van der Waals surface area contributed by atoms with E-state index in [-0.39, 0.29) is 16.8 Å². The van der Waals surface area contributed by atoms with E-state index in [0.29, 0.717) is 25.4 Å². The highest BCUT2D eigenvalue weighted by Crippen LogP contribution is 2.45. The molecule has 4 rings (SSSR count). The first-order valence-electron chi connectivity index (χ1n) is 8.74. The maximum Gasteiger partial charge on any atom is 0.321 e.